The average molecular weight is 373 g/mol. The number of carbonyl (C=O) groups is 1. The molecule has 0 atom stereocenters. The van der Waals surface area contributed by atoms with E-state index in [1.54, 1.807) is 18.4 Å². The first-order valence-corrected chi connectivity index (χ1v) is 9.74. The number of methoxy groups -OCH3 is 1. The number of thiophene rings is 1. The van der Waals surface area contributed by atoms with Crippen LogP contribution in [0.4, 0.5) is 0 Å². The summed E-state index contributed by atoms with van der Waals surface area (Å²) < 4.78 is 5.39. The molecule has 0 saturated heterocycles. The van der Waals surface area contributed by atoms with Gasteiger partial charge in [-0.15, -0.1) is 22.7 Å². The van der Waals surface area contributed by atoms with Gasteiger partial charge in [-0.3, -0.25) is 4.79 Å². The van der Waals surface area contributed by atoms with Crippen LogP contribution in [0.2, 0.25) is 0 Å². The molecule has 0 fully saturated rings. The molecule has 1 aromatic carbocycles. The van der Waals surface area contributed by atoms with Gasteiger partial charge in [-0.1, -0.05) is 44.2 Å². The monoisotopic (exact) mass is 372 g/mol. The standard InChI is InChI=1S/C19H20N2O2S2/c1-12(2)19-21-14(11-24-19)10-20-18(22)17-15(23-3)9-16(25-17)13-7-5-4-6-8-13/h4-9,11-12H,10H2,1-3H3,(H,20,22). The lowest BCUT2D eigenvalue weighted by atomic mass is 10.2. The zero-order chi connectivity index (χ0) is 17.8. The Kier molecular flexibility index (Phi) is 5.50. The van der Waals surface area contributed by atoms with Crippen molar-refractivity contribution in [3.63, 3.8) is 0 Å². The molecule has 0 aliphatic rings. The van der Waals surface area contributed by atoms with Crippen LogP contribution in [0.5, 0.6) is 5.75 Å². The highest BCUT2D eigenvalue weighted by Gasteiger charge is 2.18. The number of rotatable bonds is 6. The molecule has 1 amide bonds. The van der Waals surface area contributed by atoms with E-state index < -0.39 is 0 Å². The number of nitrogens with one attached hydrogen (secondary N) is 1. The molecule has 3 aromatic rings. The van der Waals surface area contributed by atoms with Crippen molar-refractivity contribution < 1.29 is 9.53 Å². The van der Waals surface area contributed by atoms with Crippen molar-refractivity contribution in [1.29, 1.82) is 0 Å². The maximum Gasteiger partial charge on any atom is 0.265 e. The van der Waals surface area contributed by atoms with Gasteiger partial charge in [-0.05, 0) is 11.6 Å². The van der Waals surface area contributed by atoms with E-state index in [9.17, 15) is 4.79 Å². The molecule has 0 bridgehead atoms. The van der Waals surface area contributed by atoms with Gasteiger partial charge >= 0.3 is 0 Å². The van der Waals surface area contributed by atoms with E-state index in [2.05, 4.69) is 24.1 Å². The molecule has 2 heterocycles. The molecule has 0 saturated carbocycles. The summed E-state index contributed by atoms with van der Waals surface area (Å²) in [6, 6.07) is 11.9. The molecule has 0 unspecified atom stereocenters. The van der Waals surface area contributed by atoms with Gasteiger partial charge in [0, 0.05) is 16.2 Å². The van der Waals surface area contributed by atoms with Gasteiger partial charge in [-0.25, -0.2) is 4.98 Å². The maximum atomic E-state index is 12.6. The summed E-state index contributed by atoms with van der Waals surface area (Å²) in [5.41, 5.74) is 1.96. The highest BCUT2D eigenvalue weighted by atomic mass is 32.1. The van der Waals surface area contributed by atoms with Crippen LogP contribution in [-0.4, -0.2) is 18.0 Å². The summed E-state index contributed by atoms with van der Waals surface area (Å²) in [6.07, 6.45) is 0. The molecule has 130 valence electrons. The summed E-state index contributed by atoms with van der Waals surface area (Å²) >= 11 is 3.07. The second-order valence-corrected chi connectivity index (χ2v) is 7.83. The number of hydrogen-bond acceptors (Lipinski definition) is 5. The molecular weight excluding hydrogens is 352 g/mol. The number of aromatic nitrogens is 1. The van der Waals surface area contributed by atoms with Crippen molar-refractivity contribution in [1.82, 2.24) is 10.3 Å². The summed E-state index contributed by atoms with van der Waals surface area (Å²) in [6.45, 7) is 4.65. The van der Waals surface area contributed by atoms with Crippen LogP contribution in [-0.2, 0) is 6.54 Å². The Morgan fingerprint density at radius 3 is 2.68 bits per heavy atom. The van der Waals surface area contributed by atoms with E-state index in [4.69, 9.17) is 4.74 Å². The predicted octanol–water partition coefficient (Wildman–Crippen LogP) is 4.93. The van der Waals surface area contributed by atoms with Gasteiger partial charge < -0.3 is 10.1 Å². The van der Waals surface area contributed by atoms with E-state index in [0.717, 1.165) is 21.1 Å². The number of nitrogens with zero attached hydrogens (tertiary/aromatic N) is 1. The topological polar surface area (TPSA) is 51.2 Å². The number of hydrogen-bond donors (Lipinski definition) is 1. The van der Waals surface area contributed by atoms with E-state index in [0.29, 0.717) is 23.1 Å². The normalized spacial score (nSPS) is 10.9. The highest BCUT2D eigenvalue weighted by Crippen LogP contribution is 2.36. The van der Waals surface area contributed by atoms with Crippen LogP contribution >= 0.6 is 22.7 Å². The molecule has 25 heavy (non-hydrogen) atoms. The molecule has 0 aliphatic heterocycles. The fourth-order valence-electron chi connectivity index (χ4n) is 2.35. The third-order valence-corrected chi connectivity index (χ3v) is 6.03. The van der Waals surface area contributed by atoms with Crippen molar-refractivity contribution in [3.05, 3.63) is 57.4 Å². The van der Waals surface area contributed by atoms with Gasteiger partial charge in [0.25, 0.3) is 5.91 Å². The van der Waals surface area contributed by atoms with Crippen molar-refractivity contribution >= 4 is 28.6 Å². The average Bonchev–Trinajstić information content (AvgIpc) is 3.27. The minimum Gasteiger partial charge on any atom is -0.495 e. The fraction of sp³-hybridized carbons (Fsp3) is 0.263. The lowest BCUT2D eigenvalue weighted by Gasteiger charge is -2.03. The van der Waals surface area contributed by atoms with Crippen LogP contribution < -0.4 is 10.1 Å². The van der Waals surface area contributed by atoms with Crippen LogP contribution in [0.25, 0.3) is 10.4 Å². The largest absolute Gasteiger partial charge is 0.495 e. The highest BCUT2D eigenvalue weighted by molar-refractivity contribution is 7.17. The van der Waals surface area contributed by atoms with E-state index in [1.165, 1.54) is 11.3 Å². The molecule has 3 rings (SSSR count). The second-order valence-electron chi connectivity index (χ2n) is 5.89. The SMILES string of the molecule is COc1cc(-c2ccccc2)sc1C(=O)NCc1csc(C(C)C)n1. The quantitative estimate of drug-likeness (QED) is 0.667. The van der Waals surface area contributed by atoms with Crippen molar-refractivity contribution in [2.45, 2.75) is 26.3 Å². The van der Waals surface area contributed by atoms with Gasteiger partial charge in [0.1, 0.15) is 10.6 Å². The van der Waals surface area contributed by atoms with E-state index >= 15 is 0 Å². The smallest absolute Gasteiger partial charge is 0.265 e. The van der Waals surface area contributed by atoms with E-state index in [1.807, 2.05) is 41.8 Å². The van der Waals surface area contributed by atoms with Gasteiger partial charge in [0.2, 0.25) is 0 Å². The summed E-state index contributed by atoms with van der Waals surface area (Å²) in [4.78, 5) is 18.7. The second kappa shape index (κ2) is 7.80. The molecule has 0 aliphatic carbocycles. The molecule has 6 heteroatoms. The summed E-state index contributed by atoms with van der Waals surface area (Å²) in [5, 5.41) is 6.03. The number of thiazole rings is 1. The molecule has 2 aromatic heterocycles. The van der Waals surface area contributed by atoms with Crippen LogP contribution in [0.15, 0.2) is 41.8 Å². The van der Waals surface area contributed by atoms with Gasteiger partial charge in [-0.2, -0.15) is 0 Å². The zero-order valence-corrected chi connectivity index (χ0v) is 16.0. The number of carbonyl (C=O) groups excluding carboxylic acids is 1. The first-order chi connectivity index (χ1) is 12.1. The Bertz CT molecular complexity index is 853. The van der Waals surface area contributed by atoms with Gasteiger partial charge in [0.05, 0.1) is 24.4 Å². The van der Waals surface area contributed by atoms with Crippen LogP contribution in [0.3, 0.4) is 0 Å². The predicted molar refractivity (Wildman–Crippen MR) is 104 cm³/mol. The zero-order valence-electron chi connectivity index (χ0n) is 14.4. The number of amides is 1. The number of benzene rings is 1. The maximum absolute atomic E-state index is 12.6. The third-order valence-electron chi connectivity index (χ3n) is 3.68. The first-order valence-electron chi connectivity index (χ1n) is 8.04. The molecular formula is C19H20N2O2S2. The van der Waals surface area contributed by atoms with Crippen LogP contribution in [0.1, 0.15) is 40.1 Å². The summed E-state index contributed by atoms with van der Waals surface area (Å²) in [5.74, 6) is 0.867. The third kappa shape index (κ3) is 4.08. The fourth-order valence-corrected chi connectivity index (χ4v) is 4.23. The minimum absolute atomic E-state index is 0.136. The minimum atomic E-state index is -0.136. The summed E-state index contributed by atoms with van der Waals surface area (Å²) in [7, 11) is 1.59. The van der Waals surface area contributed by atoms with Crippen molar-refractivity contribution in [2.75, 3.05) is 7.11 Å². The van der Waals surface area contributed by atoms with E-state index in [-0.39, 0.29) is 5.91 Å². The molecule has 0 spiro atoms. The molecule has 4 nitrogen and oxygen atoms in total. The van der Waals surface area contributed by atoms with Crippen LogP contribution in [0, 0.1) is 0 Å². The van der Waals surface area contributed by atoms with Crippen molar-refractivity contribution in [3.8, 4) is 16.2 Å². The first kappa shape index (κ1) is 17.6. The van der Waals surface area contributed by atoms with Crippen molar-refractivity contribution in [2.24, 2.45) is 0 Å². The van der Waals surface area contributed by atoms with Gasteiger partial charge in [0.15, 0.2) is 0 Å². The number of ether oxygens (including phenoxy) is 1. The Morgan fingerprint density at radius 2 is 2.04 bits per heavy atom. The Labute approximate surface area is 155 Å². The molecule has 0 radical (unpaired) electrons. The Morgan fingerprint density at radius 1 is 1.28 bits per heavy atom. The lowest BCUT2D eigenvalue weighted by Crippen LogP contribution is -2.22. The Balaban J connectivity index is 1.74. The molecule has 1 N–H and O–H groups in total. The lowest BCUT2D eigenvalue weighted by molar-refractivity contribution is 0.0952. The Hall–Kier alpha value is -2.18.